The Labute approximate surface area is 113 Å². The van der Waals surface area contributed by atoms with Crippen LogP contribution in [0.25, 0.3) is 6.08 Å². The molecule has 0 bridgehead atoms. The standard InChI is InChI=1S/C15H21BrO/c1-2-14-7-9-15(10-8-14)13-17-12-6-4-3-5-11-16/h2,7-10H,1,3-6,11-13H2. The van der Waals surface area contributed by atoms with Gasteiger partial charge in [0, 0.05) is 11.9 Å². The largest absolute Gasteiger partial charge is 0.377 e. The second-order valence-electron chi connectivity index (χ2n) is 4.10. The van der Waals surface area contributed by atoms with Crippen LogP contribution in [0.3, 0.4) is 0 Å². The van der Waals surface area contributed by atoms with Crippen molar-refractivity contribution in [2.45, 2.75) is 32.3 Å². The highest BCUT2D eigenvalue weighted by Gasteiger charge is 1.94. The highest BCUT2D eigenvalue weighted by molar-refractivity contribution is 9.09. The number of alkyl halides is 1. The molecule has 17 heavy (non-hydrogen) atoms. The summed E-state index contributed by atoms with van der Waals surface area (Å²) in [5.41, 5.74) is 2.39. The Morgan fingerprint density at radius 1 is 1.06 bits per heavy atom. The lowest BCUT2D eigenvalue weighted by Gasteiger charge is -2.04. The molecule has 0 atom stereocenters. The maximum atomic E-state index is 5.64. The first-order valence-electron chi connectivity index (χ1n) is 6.22. The molecule has 1 rings (SSSR count). The van der Waals surface area contributed by atoms with E-state index in [4.69, 9.17) is 4.74 Å². The minimum Gasteiger partial charge on any atom is -0.377 e. The van der Waals surface area contributed by atoms with Gasteiger partial charge in [0.05, 0.1) is 6.61 Å². The molecule has 0 aliphatic carbocycles. The number of halogens is 1. The topological polar surface area (TPSA) is 9.23 Å². The number of hydrogen-bond donors (Lipinski definition) is 0. The summed E-state index contributed by atoms with van der Waals surface area (Å²) in [4.78, 5) is 0. The number of hydrogen-bond acceptors (Lipinski definition) is 1. The number of ether oxygens (including phenoxy) is 1. The Hall–Kier alpha value is -0.600. The van der Waals surface area contributed by atoms with E-state index in [9.17, 15) is 0 Å². The van der Waals surface area contributed by atoms with Crippen molar-refractivity contribution in [2.75, 3.05) is 11.9 Å². The summed E-state index contributed by atoms with van der Waals surface area (Å²) in [6, 6.07) is 8.34. The predicted octanol–water partition coefficient (Wildman–Crippen LogP) is 4.80. The van der Waals surface area contributed by atoms with Crippen LogP contribution in [-0.4, -0.2) is 11.9 Å². The fraction of sp³-hybridized carbons (Fsp3) is 0.467. The van der Waals surface area contributed by atoms with Crippen molar-refractivity contribution in [1.29, 1.82) is 0 Å². The first kappa shape index (κ1) is 14.5. The first-order valence-corrected chi connectivity index (χ1v) is 7.34. The zero-order valence-corrected chi connectivity index (χ0v) is 11.9. The van der Waals surface area contributed by atoms with Gasteiger partial charge < -0.3 is 4.74 Å². The normalized spacial score (nSPS) is 10.4. The summed E-state index contributed by atoms with van der Waals surface area (Å²) < 4.78 is 5.64. The van der Waals surface area contributed by atoms with Crippen molar-refractivity contribution >= 4 is 22.0 Å². The third kappa shape index (κ3) is 6.64. The Morgan fingerprint density at radius 3 is 2.41 bits per heavy atom. The lowest BCUT2D eigenvalue weighted by atomic mass is 10.1. The van der Waals surface area contributed by atoms with E-state index in [1.165, 1.54) is 24.8 Å². The Balaban J connectivity index is 2.07. The average molecular weight is 297 g/mol. The molecular formula is C15H21BrO. The van der Waals surface area contributed by atoms with Crippen molar-refractivity contribution in [3.63, 3.8) is 0 Å². The van der Waals surface area contributed by atoms with E-state index in [1.54, 1.807) is 0 Å². The van der Waals surface area contributed by atoms with Crippen LogP contribution >= 0.6 is 15.9 Å². The lowest BCUT2D eigenvalue weighted by molar-refractivity contribution is 0.117. The molecule has 0 amide bonds. The molecule has 0 aliphatic heterocycles. The third-order valence-electron chi connectivity index (χ3n) is 2.66. The highest BCUT2D eigenvalue weighted by Crippen LogP contribution is 2.07. The van der Waals surface area contributed by atoms with Crippen LogP contribution in [0.1, 0.15) is 36.8 Å². The summed E-state index contributed by atoms with van der Waals surface area (Å²) in [6.45, 7) is 5.32. The summed E-state index contributed by atoms with van der Waals surface area (Å²) in [7, 11) is 0. The fourth-order valence-electron chi connectivity index (χ4n) is 1.59. The van der Waals surface area contributed by atoms with Crippen molar-refractivity contribution in [2.24, 2.45) is 0 Å². The van der Waals surface area contributed by atoms with Crippen LogP contribution in [0.15, 0.2) is 30.8 Å². The zero-order chi connectivity index (χ0) is 12.3. The predicted molar refractivity (Wildman–Crippen MR) is 78.5 cm³/mol. The summed E-state index contributed by atoms with van der Waals surface area (Å²) >= 11 is 3.44. The lowest BCUT2D eigenvalue weighted by Crippen LogP contribution is -1.95. The molecule has 0 N–H and O–H groups in total. The molecule has 0 unspecified atom stereocenters. The van der Waals surface area contributed by atoms with Crippen LogP contribution in [-0.2, 0) is 11.3 Å². The molecule has 0 fully saturated rings. The smallest absolute Gasteiger partial charge is 0.0716 e. The monoisotopic (exact) mass is 296 g/mol. The number of unbranched alkanes of at least 4 members (excludes halogenated alkanes) is 3. The van der Waals surface area contributed by atoms with Gasteiger partial charge in [-0.2, -0.15) is 0 Å². The Kier molecular flexibility index (Phi) is 8.02. The van der Waals surface area contributed by atoms with Gasteiger partial charge in [0.15, 0.2) is 0 Å². The van der Waals surface area contributed by atoms with E-state index in [0.29, 0.717) is 0 Å². The van der Waals surface area contributed by atoms with Gasteiger partial charge in [-0.1, -0.05) is 65.7 Å². The van der Waals surface area contributed by atoms with E-state index < -0.39 is 0 Å². The van der Waals surface area contributed by atoms with Gasteiger partial charge in [0.1, 0.15) is 0 Å². The second-order valence-corrected chi connectivity index (χ2v) is 4.89. The molecule has 0 heterocycles. The van der Waals surface area contributed by atoms with E-state index in [2.05, 4.69) is 46.8 Å². The molecule has 2 heteroatoms. The molecule has 0 saturated heterocycles. The molecule has 1 aromatic carbocycles. The average Bonchev–Trinajstić information content (AvgIpc) is 2.38. The molecule has 0 radical (unpaired) electrons. The van der Waals surface area contributed by atoms with Gasteiger partial charge in [0.2, 0.25) is 0 Å². The molecule has 1 aromatic rings. The van der Waals surface area contributed by atoms with E-state index in [0.717, 1.165) is 30.5 Å². The van der Waals surface area contributed by atoms with Gasteiger partial charge in [0.25, 0.3) is 0 Å². The first-order chi connectivity index (χ1) is 8.36. The van der Waals surface area contributed by atoms with Gasteiger partial charge in [-0.25, -0.2) is 0 Å². The quantitative estimate of drug-likeness (QED) is 0.470. The molecule has 0 saturated carbocycles. The summed E-state index contributed by atoms with van der Waals surface area (Å²) in [5, 5.41) is 1.11. The van der Waals surface area contributed by atoms with Crippen LogP contribution in [0.4, 0.5) is 0 Å². The van der Waals surface area contributed by atoms with Gasteiger partial charge in [-0.05, 0) is 24.0 Å². The third-order valence-corrected chi connectivity index (χ3v) is 3.22. The molecule has 1 nitrogen and oxygen atoms in total. The minimum atomic E-state index is 0.718. The van der Waals surface area contributed by atoms with Crippen LogP contribution < -0.4 is 0 Å². The second kappa shape index (κ2) is 9.43. The van der Waals surface area contributed by atoms with Crippen molar-refractivity contribution in [1.82, 2.24) is 0 Å². The van der Waals surface area contributed by atoms with Crippen LogP contribution in [0, 0.1) is 0 Å². The van der Waals surface area contributed by atoms with Gasteiger partial charge >= 0.3 is 0 Å². The Bertz CT molecular complexity index is 305. The van der Waals surface area contributed by atoms with Gasteiger partial charge in [-0.15, -0.1) is 0 Å². The summed E-state index contributed by atoms with van der Waals surface area (Å²) in [5.74, 6) is 0. The number of benzene rings is 1. The molecule has 0 spiro atoms. The molecule has 0 aromatic heterocycles. The number of rotatable bonds is 9. The highest BCUT2D eigenvalue weighted by atomic mass is 79.9. The molecule has 0 aliphatic rings. The van der Waals surface area contributed by atoms with Crippen LogP contribution in [0.2, 0.25) is 0 Å². The van der Waals surface area contributed by atoms with E-state index in [1.807, 2.05) is 6.08 Å². The van der Waals surface area contributed by atoms with E-state index in [-0.39, 0.29) is 0 Å². The minimum absolute atomic E-state index is 0.718. The van der Waals surface area contributed by atoms with Crippen LogP contribution in [0.5, 0.6) is 0 Å². The van der Waals surface area contributed by atoms with Crippen molar-refractivity contribution in [3.05, 3.63) is 42.0 Å². The van der Waals surface area contributed by atoms with Gasteiger partial charge in [-0.3, -0.25) is 0 Å². The van der Waals surface area contributed by atoms with E-state index >= 15 is 0 Å². The van der Waals surface area contributed by atoms with Crippen molar-refractivity contribution < 1.29 is 4.74 Å². The maximum absolute atomic E-state index is 5.64. The zero-order valence-electron chi connectivity index (χ0n) is 10.3. The van der Waals surface area contributed by atoms with Crippen molar-refractivity contribution in [3.8, 4) is 0 Å². The Morgan fingerprint density at radius 2 is 1.76 bits per heavy atom. The summed E-state index contributed by atoms with van der Waals surface area (Å²) in [6.07, 6.45) is 6.85. The fourth-order valence-corrected chi connectivity index (χ4v) is 1.99. The maximum Gasteiger partial charge on any atom is 0.0716 e. The SMILES string of the molecule is C=Cc1ccc(COCCCCCCBr)cc1. The molecular weight excluding hydrogens is 276 g/mol. The molecule has 94 valence electrons.